The van der Waals surface area contributed by atoms with Crippen LogP contribution in [0.4, 0.5) is 14.5 Å². The lowest BCUT2D eigenvalue weighted by atomic mass is 10.2. The minimum atomic E-state index is -0.424. The van der Waals surface area contributed by atoms with Crippen molar-refractivity contribution in [1.82, 2.24) is 0 Å². The monoisotopic (exact) mass is 313 g/mol. The SMILES string of the molecule is Oc1ccc(F)cc1CNc1ccc(Br)c(F)c1. The van der Waals surface area contributed by atoms with Gasteiger partial charge in [0, 0.05) is 17.8 Å². The molecule has 0 unspecified atom stereocenters. The average molecular weight is 314 g/mol. The standard InChI is InChI=1S/C13H10BrF2NO/c14-11-3-2-10(6-12(11)16)17-7-8-5-9(15)1-4-13(8)18/h1-6,17-18H,7H2. The van der Waals surface area contributed by atoms with Gasteiger partial charge in [0.1, 0.15) is 17.4 Å². The first-order chi connectivity index (χ1) is 8.56. The van der Waals surface area contributed by atoms with E-state index in [1.165, 1.54) is 24.3 Å². The maximum Gasteiger partial charge on any atom is 0.139 e. The van der Waals surface area contributed by atoms with Gasteiger partial charge >= 0.3 is 0 Å². The first-order valence-electron chi connectivity index (χ1n) is 5.22. The first kappa shape index (κ1) is 12.8. The van der Waals surface area contributed by atoms with Crippen LogP contribution in [0.25, 0.3) is 0 Å². The van der Waals surface area contributed by atoms with Crippen LogP contribution in [0.15, 0.2) is 40.9 Å². The number of nitrogens with one attached hydrogen (secondary N) is 1. The van der Waals surface area contributed by atoms with E-state index in [-0.39, 0.29) is 18.1 Å². The second kappa shape index (κ2) is 5.35. The summed E-state index contributed by atoms with van der Waals surface area (Å²) in [5.74, 6) is -0.809. The maximum atomic E-state index is 13.3. The number of hydrogen-bond donors (Lipinski definition) is 2. The van der Waals surface area contributed by atoms with Gasteiger partial charge in [-0.25, -0.2) is 8.78 Å². The smallest absolute Gasteiger partial charge is 0.139 e. The van der Waals surface area contributed by atoms with Crippen LogP contribution in [-0.2, 0) is 6.54 Å². The molecule has 0 heterocycles. The predicted molar refractivity (Wildman–Crippen MR) is 69.5 cm³/mol. The summed E-state index contributed by atoms with van der Waals surface area (Å²) in [6, 6.07) is 8.28. The van der Waals surface area contributed by atoms with E-state index in [9.17, 15) is 13.9 Å². The Bertz CT molecular complexity index is 575. The number of anilines is 1. The Morgan fingerprint density at radius 3 is 2.61 bits per heavy atom. The molecule has 0 radical (unpaired) electrons. The van der Waals surface area contributed by atoms with Gasteiger partial charge in [0.15, 0.2) is 0 Å². The Labute approximate surface area is 111 Å². The molecule has 2 aromatic rings. The summed E-state index contributed by atoms with van der Waals surface area (Å²) < 4.78 is 26.6. The molecule has 2 N–H and O–H groups in total. The van der Waals surface area contributed by atoms with Crippen LogP contribution < -0.4 is 5.32 Å². The summed E-state index contributed by atoms with van der Waals surface area (Å²) in [6.45, 7) is 0.213. The van der Waals surface area contributed by atoms with E-state index < -0.39 is 5.82 Å². The van der Waals surface area contributed by atoms with Gasteiger partial charge in [-0.1, -0.05) is 0 Å². The van der Waals surface area contributed by atoms with Gasteiger partial charge < -0.3 is 10.4 Å². The van der Waals surface area contributed by atoms with Gasteiger partial charge in [-0.05, 0) is 52.3 Å². The summed E-state index contributed by atoms with van der Waals surface area (Å²) in [5.41, 5.74) is 0.970. The molecule has 18 heavy (non-hydrogen) atoms. The van der Waals surface area contributed by atoms with Crippen LogP contribution in [0.1, 0.15) is 5.56 Å². The first-order valence-corrected chi connectivity index (χ1v) is 6.02. The largest absolute Gasteiger partial charge is 0.508 e. The fourth-order valence-corrected chi connectivity index (χ4v) is 1.75. The Morgan fingerprint density at radius 2 is 1.89 bits per heavy atom. The molecular formula is C13H10BrF2NO. The van der Waals surface area contributed by atoms with Crippen LogP contribution in [-0.4, -0.2) is 5.11 Å². The molecular weight excluding hydrogens is 304 g/mol. The summed E-state index contributed by atoms with van der Waals surface area (Å²) in [5, 5.41) is 12.4. The molecule has 0 saturated heterocycles. The summed E-state index contributed by atoms with van der Waals surface area (Å²) in [6.07, 6.45) is 0. The molecule has 0 spiro atoms. The van der Waals surface area contributed by atoms with E-state index in [0.29, 0.717) is 15.7 Å². The topological polar surface area (TPSA) is 32.3 Å². The fraction of sp³-hybridized carbons (Fsp3) is 0.0769. The summed E-state index contributed by atoms with van der Waals surface area (Å²) in [7, 11) is 0. The lowest BCUT2D eigenvalue weighted by molar-refractivity contribution is 0.466. The van der Waals surface area contributed by atoms with Crippen molar-refractivity contribution >= 4 is 21.6 Å². The quantitative estimate of drug-likeness (QED) is 0.896. The molecule has 2 rings (SSSR count). The summed E-state index contributed by atoms with van der Waals surface area (Å²) in [4.78, 5) is 0. The second-order valence-corrected chi connectivity index (χ2v) is 4.61. The Hall–Kier alpha value is -1.62. The average Bonchev–Trinajstić information content (AvgIpc) is 2.34. The zero-order chi connectivity index (χ0) is 13.1. The minimum absolute atomic E-state index is 0.00137. The summed E-state index contributed by atoms with van der Waals surface area (Å²) >= 11 is 3.05. The Morgan fingerprint density at radius 1 is 1.11 bits per heavy atom. The zero-order valence-electron chi connectivity index (χ0n) is 9.25. The second-order valence-electron chi connectivity index (χ2n) is 3.76. The van der Waals surface area contributed by atoms with Crippen LogP contribution in [0.3, 0.4) is 0 Å². The van der Waals surface area contributed by atoms with Gasteiger partial charge in [-0.2, -0.15) is 0 Å². The molecule has 0 aliphatic heterocycles. The number of phenolic OH excluding ortho intramolecular Hbond substituents is 1. The van der Waals surface area contributed by atoms with E-state index in [4.69, 9.17) is 0 Å². The highest BCUT2D eigenvalue weighted by atomic mass is 79.9. The molecule has 0 aliphatic rings. The van der Waals surface area contributed by atoms with E-state index in [0.717, 1.165) is 0 Å². The Balaban J connectivity index is 2.11. The molecule has 0 aliphatic carbocycles. The molecule has 0 fully saturated rings. The van der Waals surface area contributed by atoms with Gasteiger partial charge in [0.05, 0.1) is 4.47 Å². The molecule has 2 aromatic carbocycles. The van der Waals surface area contributed by atoms with Crippen LogP contribution in [0.5, 0.6) is 5.75 Å². The third-order valence-corrected chi connectivity index (χ3v) is 3.09. The van der Waals surface area contributed by atoms with Gasteiger partial charge in [-0.15, -0.1) is 0 Å². The van der Waals surface area contributed by atoms with E-state index in [1.807, 2.05) is 0 Å². The maximum absolute atomic E-state index is 13.3. The van der Waals surface area contributed by atoms with Crippen molar-refractivity contribution in [2.24, 2.45) is 0 Å². The van der Waals surface area contributed by atoms with E-state index >= 15 is 0 Å². The molecule has 2 nitrogen and oxygen atoms in total. The number of phenols is 1. The van der Waals surface area contributed by atoms with Gasteiger partial charge in [0.2, 0.25) is 0 Å². The normalized spacial score (nSPS) is 10.4. The highest BCUT2D eigenvalue weighted by Gasteiger charge is 2.04. The van der Waals surface area contributed by atoms with Crippen molar-refractivity contribution < 1.29 is 13.9 Å². The molecule has 0 saturated carbocycles. The van der Waals surface area contributed by atoms with Crippen LogP contribution in [0, 0.1) is 11.6 Å². The number of benzene rings is 2. The lowest BCUT2D eigenvalue weighted by Crippen LogP contribution is -2.00. The number of hydrogen-bond acceptors (Lipinski definition) is 2. The van der Waals surface area contributed by atoms with E-state index in [1.54, 1.807) is 12.1 Å². The minimum Gasteiger partial charge on any atom is -0.508 e. The van der Waals surface area contributed by atoms with Crippen LogP contribution in [0.2, 0.25) is 0 Å². The molecule has 0 bridgehead atoms. The highest BCUT2D eigenvalue weighted by Crippen LogP contribution is 2.22. The number of halogens is 3. The molecule has 0 aromatic heterocycles. The van der Waals surface area contributed by atoms with Gasteiger partial charge in [-0.3, -0.25) is 0 Å². The fourth-order valence-electron chi connectivity index (χ4n) is 1.50. The molecule has 0 atom stereocenters. The lowest BCUT2D eigenvalue weighted by Gasteiger charge is -2.08. The van der Waals surface area contributed by atoms with Crippen molar-refractivity contribution in [1.29, 1.82) is 0 Å². The van der Waals surface area contributed by atoms with Crippen molar-refractivity contribution in [3.63, 3.8) is 0 Å². The number of aromatic hydroxyl groups is 1. The zero-order valence-corrected chi connectivity index (χ0v) is 10.8. The van der Waals surface area contributed by atoms with Gasteiger partial charge in [0.25, 0.3) is 0 Å². The highest BCUT2D eigenvalue weighted by molar-refractivity contribution is 9.10. The molecule has 94 valence electrons. The van der Waals surface area contributed by atoms with Crippen molar-refractivity contribution in [3.8, 4) is 5.75 Å². The number of rotatable bonds is 3. The predicted octanol–water partition coefficient (Wildman–Crippen LogP) is 4.05. The van der Waals surface area contributed by atoms with Crippen LogP contribution >= 0.6 is 15.9 Å². The molecule has 0 amide bonds. The van der Waals surface area contributed by atoms with Crippen molar-refractivity contribution in [2.75, 3.05) is 5.32 Å². The van der Waals surface area contributed by atoms with Crippen molar-refractivity contribution in [2.45, 2.75) is 6.54 Å². The Kier molecular flexibility index (Phi) is 3.81. The van der Waals surface area contributed by atoms with E-state index in [2.05, 4.69) is 21.2 Å². The van der Waals surface area contributed by atoms with Crippen molar-refractivity contribution in [3.05, 3.63) is 58.1 Å². The third kappa shape index (κ3) is 2.98. The molecule has 5 heteroatoms. The third-order valence-electron chi connectivity index (χ3n) is 2.44.